The SMILES string of the molecule is CC(N(C)c1ccc([C@H](C)O)cc1F)C(C)(C)C. The molecule has 0 aliphatic carbocycles. The molecule has 1 N–H and O–H groups in total. The third-order valence-electron chi connectivity index (χ3n) is 3.67. The van der Waals surface area contributed by atoms with Crippen molar-refractivity contribution >= 4 is 5.69 Å². The molecular weight excluding hydrogens is 229 g/mol. The standard InChI is InChI=1S/C15H24FNO/c1-10(18)12-7-8-14(13(16)9-12)17(6)11(2)15(3,4)5/h7-11,18H,1-6H3/t10-,11?/m0/s1. The summed E-state index contributed by atoms with van der Waals surface area (Å²) in [6, 6.07) is 5.13. The summed E-state index contributed by atoms with van der Waals surface area (Å²) in [6.45, 7) is 10.1. The molecule has 3 heteroatoms. The minimum atomic E-state index is -0.640. The molecule has 2 nitrogen and oxygen atoms in total. The van der Waals surface area contributed by atoms with E-state index in [2.05, 4.69) is 27.7 Å². The zero-order chi connectivity index (χ0) is 14.1. The second-order valence-electron chi connectivity index (χ2n) is 6.04. The molecule has 1 rings (SSSR count). The van der Waals surface area contributed by atoms with Crippen molar-refractivity contribution in [2.45, 2.75) is 46.8 Å². The number of rotatable bonds is 3. The number of hydrogen-bond donors (Lipinski definition) is 1. The van der Waals surface area contributed by atoms with E-state index in [1.165, 1.54) is 6.07 Å². The number of anilines is 1. The van der Waals surface area contributed by atoms with Crippen molar-refractivity contribution in [3.8, 4) is 0 Å². The fourth-order valence-corrected chi connectivity index (χ4v) is 1.86. The number of benzene rings is 1. The van der Waals surface area contributed by atoms with Crippen LogP contribution in [0, 0.1) is 11.2 Å². The molecule has 18 heavy (non-hydrogen) atoms. The molecule has 0 saturated heterocycles. The van der Waals surface area contributed by atoms with E-state index in [1.807, 2.05) is 11.9 Å². The zero-order valence-corrected chi connectivity index (χ0v) is 12.2. The molecule has 0 amide bonds. The van der Waals surface area contributed by atoms with E-state index in [9.17, 15) is 9.50 Å². The van der Waals surface area contributed by atoms with E-state index >= 15 is 0 Å². The van der Waals surface area contributed by atoms with Gasteiger partial charge in [0.15, 0.2) is 0 Å². The molecule has 1 aromatic rings. The summed E-state index contributed by atoms with van der Waals surface area (Å²) >= 11 is 0. The Morgan fingerprint density at radius 1 is 1.22 bits per heavy atom. The summed E-state index contributed by atoms with van der Waals surface area (Å²) in [5.74, 6) is -0.285. The van der Waals surface area contributed by atoms with Gasteiger partial charge >= 0.3 is 0 Å². The smallest absolute Gasteiger partial charge is 0.146 e. The summed E-state index contributed by atoms with van der Waals surface area (Å²) in [5, 5.41) is 9.44. The molecule has 0 heterocycles. The molecule has 0 fully saturated rings. The first kappa shape index (κ1) is 15.0. The van der Waals surface area contributed by atoms with Crippen molar-refractivity contribution in [1.82, 2.24) is 0 Å². The van der Waals surface area contributed by atoms with Crippen LogP contribution in [-0.4, -0.2) is 18.2 Å². The van der Waals surface area contributed by atoms with Crippen LogP contribution in [0.3, 0.4) is 0 Å². The molecule has 0 aliphatic rings. The molecule has 0 saturated carbocycles. The molecule has 0 aromatic heterocycles. The van der Waals surface area contributed by atoms with Crippen LogP contribution in [0.1, 0.15) is 46.3 Å². The monoisotopic (exact) mass is 253 g/mol. The van der Waals surface area contributed by atoms with Gasteiger partial charge in [-0.15, -0.1) is 0 Å². The van der Waals surface area contributed by atoms with Crippen LogP contribution in [-0.2, 0) is 0 Å². The Bertz CT molecular complexity index is 409. The maximum absolute atomic E-state index is 14.1. The van der Waals surface area contributed by atoms with Crippen molar-refractivity contribution < 1.29 is 9.50 Å². The van der Waals surface area contributed by atoms with Crippen LogP contribution in [0.2, 0.25) is 0 Å². The van der Waals surface area contributed by atoms with Gasteiger partial charge in [-0.05, 0) is 37.0 Å². The number of nitrogens with zero attached hydrogens (tertiary/aromatic N) is 1. The van der Waals surface area contributed by atoms with Crippen LogP contribution in [0.15, 0.2) is 18.2 Å². The lowest BCUT2D eigenvalue weighted by Gasteiger charge is -2.37. The lowest BCUT2D eigenvalue weighted by molar-refractivity contribution is 0.199. The van der Waals surface area contributed by atoms with Crippen LogP contribution in [0.4, 0.5) is 10.1 Å². The van der Waals surface area contributed by atoms with E-state index < -0.39 is 6.10 Å². The van der Waals surface area contributed by atoms with Gasteiger partial charge in [0.25, 0.3) is 0 Å². The molecule has 1 aromatic carbocycles. The summed E-state index contributed by atoms with van der Waals surface area (Å²) in [7, 11) is 1.90. The Hall–Kier alpha value is -1.09. The first-order valence-electron chi connectivity index (χ1n) is 6.35. The van der Waals surface area contributed by atoms with Gasteiger partial charge in [-0.1, -0.05) is 26.8 Å². The van der Waals surface area contributed by atoms with Gasteiger partial charge in [0, 0.05) is 13.1 Å². The van der Waals surface area contributed by atoms with Gasteiger partial charge < -0.3 is 10.0 Å². The first-order valence-corrected chi connectivity index (χ1v) is 6.35. The maximum Gasteiger partial charge on any atom is 0.146 e. The largest absolute Gasteiger partial charge is 0.389 e. The highest BCUT2D eigenvalue weighted by Crippen LogP contribution is 2.30. The molecule has 0 bridgehead atoms. The Labute approximate surface area is 109 Å². The quantitative estimate of drug-likeness (QED) is 0.886. The second kappa shape index (κ2) is 5.27. The molecule has 0 aliphatic heterocycles. The highest BCUT2D eigenvalue weighted by atomic mass is 19.1. The topological polar surface area (TPSA) is 23.5 Å². The highest BCUT2D eigenvalue weighted by Gasteiger charge is 2.25. The van der Waals surface area contributed by atoms with E-state index in [0.717, 1.165) is 0 Å². The van der Waals surface area contributed by atoms with Crippen molar-refractivity contribution in [3.05, 3.63) is 29.6 Å². The molecule has 0 spiro atoms. The Morgan fingerprint density at radius 2 is 1.78 bits per heavy atom. The van der Waals surface area contributed by atoms with E-state index in [4.69, 9.17) is 0 Å². The summed E-state index contributed by atoms with van der Waals surface area (Å²) in [5.41, 5.74) is 1.25. The highest BCUT2D eigenvalue weighted by molar-refractivity contribution is 5.49. The molecule has 1 unspecified atom stereocenters. The van der Waals surface area contributed by atoms with Crippen molar-refractivity contribution in [1.29, 1.82) is 0 Å². The predicted octanol–water partition coefficient (Wildman–Crippen LogP) is 3.75. The maximum atomic E-state index is 14.1. The van der Waals surface area contributed by atoms with E-state index in [0.29, 0.717) is 11.3 Å². The Morgan fingerprint density at radius 3 is 2.17 bits per heavy atom. The van der Waals surface area contributed by atoms with Crippen LogP contribution in [0.25, 0.3) is 0 Å². The number of aliphatic hydroxyl groups is 1. The average Bonchev–Trinajstić information content (AvgIpc) is 2.25. The molecule has 102 valence electrons. The molecule has 2 atom stereocenters. The first-order chi connectivity index (χ1) is 8.14. The average molecular weight is 253 g/mol. The van der Waals surface area contributed by atoms with E-state index in [1.54, 1.807) is 19.1 Å². The van der Waals surface area contributed by atoms with Crippen LogP contribution < -0.4 is 4.90 Å². The van der Waals surface area contributed by atoms with Gasteiger partial charge in [0.05, 0.1) is 11.8 Å². The third-order valence-corrected chi connectivity index (χ3v) is 3.67. The van der Waals surface area contributed by atoms with Gasteiger partial charge in [0.2, 0.25) is 0 Å². The van der Waals surface area contributed by atoms with Gasteiger partial charge in [0.1, 0.15) is 5.82 Å². The number of hydrogen-bond acceptors (Lipinski definition) is 2. The summed E-state index contributed by atoms with van der Waals surface area (Å²) < 4.78 is 14.1. The fourth-order valence-electron chi connectivity index (χ4n) is 1.86. The zero-order valence-electron chi connectivity index (χ0n) is 12.2. The van der Waals surface area contributed by atoms with E-state index in [-0.39, 0.29) is 17.3 Å². The third kappa shape index (κ3) is 3.22. The number of halogens is 1. The second-order valence-corrected chi connectivity index (χ2v) is 6.04. The number of aliphatic hydroxyl groups excluding tert-OH is 1. The lowest BCUT2D eigenvalue weighted by atomic mass is 9.87. The van der Waals surface area contributed by atoms with Crippen LogP contribution in [0.5, 0.6) is 0 Å². The van der Waals surface area contributed by atoms with Gasteiger partial charge in [-0.3, -0.25) is 0 Å². The minimum absolute atomic E-state index is 0.0735. The van der Waals surface area contributed by atoms with Gasteiger partial charge in [-0.2, -0.15) is 0 Å². The summed E-state index contributed by atoms with van der Waals surface area (Å²) in [6.07, 6.45) is -0.640. The molecular formula is C15H24FNO. The van der Waals surface area contributed by atoms with Crippen molar-refractivity contribution in [2.75, 3.05) is 11.9 Å². The predicted molar refractivity (Wildman–Crippen MR) is 74.4 cm³/mol. The van der Waals surface area contributed by atoms with Crippen LogP contribution >= 0.6 is 0 Å². The van der Waals surface area contributed by atoms with Crippen molar-refractivity contribution in [3.63, 3.8) is 0 Å². The van der Waals surface area contributed by atoms with Gasteiger partial charge in [-0.25, -0.2) is 4.39 Å². The minimum Gasteiger partial charge on any atom is -0.389 e. The normalized spacial score (nSPS) is 15.3. The Kier molecular flexibility index (Phi) is 4.38. The molecule has 0 radical (unpaired) electrons. The summed E-state index contributed by atoms with van der Waals surface area (Å²) in [4.78, 5) is 1.95. The van der Waals surface area contributed by atoms with Crippen molar-refractivity contribution in [2.24, 2.45) is 5.41 Å². The lowest BCUT2D eigenvalue weighted by Crippen LogP contribution is -2.39. The fraction of sp³-hybridized carbons (Fsp3) is 0.600. The Balaban J connectivity index is 3.04.